The summed E-state index contributed by atoms with van der Waals surface area (Å²) in [7, 11) is 1.53. The van der Waals surface area contributed by atoms with Gasteiger partial charge < -0.3 is 15.4 Å². The zero-order chi connectivity index (χ0) is 19.8. The van der Waals surface area contributed by atoms with E-state index in [1.54, 1.807) is 12.1 Å². The molecule has 0 spiro atoms. The predicted molar refractivity (Wildman–Crippen MR) is 112 cm³/mol. The van der Waals surface area contributed by atoms with Crippen molar-refractivity contribution >= 4 is 46.6 Å². The number of ether oxygens (including phenoxy) is 1. The summed E-state index contributed by atoms with van der Waals surface area (Å²) in [5.41, 5.74) is 2.21. The van der Waals surface area contributed by atoms with Gasteiger partial charge in [0.2, 0.25) is 11.8 Å². The van der Waals surface area contributed by atoms with E-state index in [-0.39, 0.29) is 17.6 Å². The van der Waals surface area contributed by atoms with Crippen LogP contribution in [-0.2, 0) is 9.59 Å². The van der Waals surface area contributed by atoms with E-state index in [1.165, 1.54) is 18.9 Å². The smallest absolute Gasteiger partial charge is 0.234 e. The van der Waals surface area contributed by atoms with E-state index in [2.05, 4.69) is 10.6 Å². The first-order valence-electron chi connectivity index (χ1n) is 8.59. The van der Waals surface area contributed by atoms with Crippen LogP contribution in [0.1, 0.15) is 25.3 Å². The van der Waals surface area contributed by atoms with Gasteiger partial charge in [-0.2, -0.15) is 0 Å². The summed E-state index contributed by atoms with van der Waals surface area (Å²) >= 11 is 7.50. The van der Waals surface area contributed by atoms with Crippen molar-refractivity contribution in [3.05, 3.63) is 47.0 Å². The number of hydrogen-bond donors (Lipinski definition) is 2. The topological polar surface area (TPSA) is 67.4 Å². The van der Waals surface area contributed by atoms with Gasteiger partial charge in [0.1, 0.15) is 5.75 Å². The number of carbonyl (C=O) groups excluding carboxylic acids is 2. The molecule has 2 amide bonds. The Morgan fingerprint density at radius 3 is 2.44 bits per heavy atom. The van der Waals surface area contributed by atoms with Gasteiger partial charge in [0, 0.05) is 28.1 Å². The standard InChI is InChI=1S/C20H23ClN2O3S/c1-4-5-19(24)22-14-6-8-15(9-7-14)27-12-20(25)23-17-10-13(2)16(21)11-18(17)26-3/h6-11H,4-5,12H2,1-3H3,(H,22,24)(H,23,25). The number of carbonyl (C=O) groups is 2. The number of rotatable bonds is 8. The summed E-state index contributed by atoms with van der Waals surface area (Å²) in [5.74, 6) is 0.646. The van der Waals surface area contributed by atoms with E-state index < -0.39 is 0 Å². The second-order valence-corrected chi connectivity index (χ2v) is 7.42. The Bertz CT molecular complexity index is 810. The predicted octanol–water partition coefficient (Wildman–Crippen LogP) is 5.13. The van der Waals surface area contributed by atoms with Crippen molar-refractivity contribution in [2.75, 3.05) is 23.5 Å². The molecule has 2 rings (SSSR count). The largest absolute Gasteiger partial charge is 0.495 e. The number of hydrogen-bond acceptors (Lipinski definition) is 4. The van der Waals surface area contributed by atoms with Crippen molar-refractivity contribution in [1.82, 2.24) is 0 Å². The number of halogens is 1. The number of amides is 2. The Morgan fingerprint density at radius 1 is 1.11 bits per heavy atom. The molecule has 144 valence electrons. The Kier molecular flexibility index (Phi) is 8.00. The third kappa shape index (κ3) is 6.48. The zero-order valence-electron chi connectivity index (χ0n) is 15.6. The molecule has 0 radical (unpaired) electrons. The van der Waals surface area contributed by atoms with Gasteiger partial charge in [0.05, 0.1) is 18.6 Å². The van der Waals surface area contributed by atoms with Gasteiger partial charge in [0.15, 0.2) is 0 Å². The summed E-state index contributed by atoms with van der Waals surface area (Å²) in [6.45, 7) is 3.83. The van der Waals surface area contributed by atoms with Crippen LogP contribution in [0.3, 0.4) is 0 Å². The van der Waals surface area contributed by atoms with Crippen molar-refractivity contribution in [3.8, 4) is 5.75 Å². The normalized spacial score (nSPS) is 10.4. The van der Waals surface area contributed by atoms with Gasteiger partial charge >= 0.3 is 0 Å². The van der Waals surface area contributed by atoms with E-state index in [0.717, 1.165) is 22.6 Å². The molecule has 0 bridgehead atoms. The number of aryl methyl sites for hydroxylation is 1. The zero-order valence-corrected chi connectivity index (χ0v) is 17.2. The van der Waals surface area contributed by atoms with Gasteiger partial charge in [-0.15, -0.1) is 11.8 Å². The lowest BCUT2D eigenvalue weighted by Gasteiger charge is -2.12. The Balaban J connectivity index is 1.90. The Morgan fingerprint density at radius 2 is 1.81 bits per heavy atom. The quantitative estimate of drug-likeness (QED) is 0.596. The van der Waals surface area contributed by atoms with Gasteiger partial charge in [-0.1, -0.05) is 18.5 Å². The fourth-order valence-corrected chi connectivity index (χ4v) is 3.20. The lowest BCUT2D eigenvalue weighted by Crippen LogP contribution is -2.15. The average Bonchev–Trinajstić information content (AvgIpc) is 2.64. The third-order valence-corrected chi connectivity index (χ3v) is 5.16. The highest BCUT2D eigenvalue weighted by Crippen LogP contribution is 2.31. The highest BCUT2D eigenvalue weighted by atomic mass is 35.5. The van der Waals surface area contributed by atoms with Crippen LogP contribution in [-0.4, -0.2) is 24.7 Å². The first-order chi connectivity index (χ1) is 12.9. The molecule has 0 heterocycles. The third-order valence-electron chi connectivity index (χ3n) is 3.74. The molecule has 5 nitrogen and oxygen atoms in total. The molecule has 0 aliphatic carbocycles. The van der Waals surface area contributed by atoms with E-state index in [9.17, 15) is 9.59 Å². The fourth-order valence-electron chi connectivity index (χ4n) is 2.35. The summed E-state index contributed by atoms with van der Waals surface area (Å²) in [6.07, 6.45) is 1.32. The summed E-state index contributed by atoms with van der Waals surface area (Å²) in [4.78, 5) is 24.8. The van der Waals surface area contributed by atoms with Crippen LogP contribution in [0.5, 0.6) is 5.75 Å². The fraction of sp³-hybridized carbons (Fsp3) is 0.300. The van der Waals surface area contributed by atoms with E-state index in [4.69, 9.17) is 16.3 Å². The van der Waals surface area contributed by atoms with E-state index >= 15 is 0 Å². The molecule has 7 heteroatoms. The monoisotopic (exact) mass is 406 g/mol. The van der Waals surface area contributed by atoms with E-state index in [0.29, 0.717) is 22.9 Å². The first kappa shape index (κ1) is 21.1. The Labute approximate surface area is 168 Å². The molecule has 27 heavy (non-hydrogen) atoms. The maximum Gasteiger partial charge on any atom is 0.234 e. The number of thioether (sulfide) groups is 1. The maximum atomic E-state index is 12.3. The van der Waals surface area contributed by atoms with Crippen molar-refractivity contribution in [2.24, 2.45) is 0 Å². The minimum Gasteiger partial charge on any atom is -0.495 e. The van der Waals surface area contributed by atoms with Crippen LogP contribution in [0.4, 0.5) is 11.4 Å². The molecule has 0 aliphatic heterocycles. The second kappa shape index (κ2) is 10.2. The van der Waals surface area contributed by atoms with Crippen LogP contribution in [0.15, 0.2) is 41.3 Å². The highest BCUT2D eigenvalue weighted by molar-refractivity contribution is 8.00. The molecule has 0 aliphatic rings. The van der Waals surface area contributed by atoms with Gasteiger partial charge in [-0.3, -0.25) is 9.59 Å². The minimum atomic E-state index is -0.139. The van der Waals surface area contributed by atoms with Gasteiger partial charge in [-0.25, -0.2) is 0 Å². The van der Waals surface area contributed by atoms with E-state index in [1.807, 2.05) is 38.1 Å². The number of anilines is 2. The van der Waals surface area contributed by atoms with Gasteiger partial charge in [-0.05, 0) is 49.2 Å². The van der Waals surface area contributed by atoms with Crippen LogP contribution >= 0.6 is 23.4 Å². The average molecular weight is 407 g/mol. The minimum absolute atomic E-state index is 0.00415. The lowest BCUT2D eigenvalue weighted by atomic mass is 10.2. The van der Waals surface area contributed by atoms with Crippen molar-refractivity contribution in [1.29, 1.82) is 0 Å². The molecule has 0 fully saturated rings. The van der Waals surface area contributed by atoms with Crippen molar-refractivity contribution in [2.45, 2.75) is 31.6 Å². The molecule has 0 atom stereocenters. The van der Waals surface area contributed by atoms with Crippen LogP contribution in [0, 0.1) is 6.92 Å². The molecule has 0 unspecified atom stereocenters. The molecule has 2 aromatic rings. The molecular weight excluding hydrogens is 384 g/mol. The van der Waals surface area contributed by atoms with Gasteiger partial charge in [0.25, 0.3) is 0 Å². The molecule has 0 saturated heterocycles. The lowest BCUT2D eigenvalue weighted by molar-refractivity contribution is -0.116. The summed E-state index contributed by atoms with van der Waals surface area (Å²) in [5, 5.41) is 6.28. The number of benzene rings is 2. The second-order valence-electron chi connectivity index (χ2n) is 5.96. The molecular formula is C20H23ClN2O3S. The van der Waals surface area contributed by atoms with Crippen molar-refractivity contribution in [3.63, 3.8) is 0 Å². The molecule has 2 N–H and O–H groups in total. The van der Waals surface area contributed by atoms with Crippen LogP contribution in [0.2, 0.25) is 5.02 Å². The SMILES string of the molecule is CCCC(=O)Nc1ccc(SCC(=O)Nc2cc(C)c(Cl)cc2OC)cc1. The van der Waals surface area contributed by atoms with Crippen LogP contribution < -0.4 is 15.4 Å². The Hall–Kier alpha value is -2.18. The number of nitrogens with one attached hydrogen (secondary N) is 2. The molecule has 2 aromatic carbocycles. The van der Waals surface area contributed by atoms with Crippen LogP contribution in [0.25, 0.3) is 0 Å². The molecule has 0 aromatic heterocycles. The maximum absolute atomic E-state index is 12.3. The summed E-state index contributed by atoms with van der Waals surface area (Å²) in [6, 6.07) is 10.9. The first-order valence-corrected chi connectivity index (χ1v) is 9.96. The molecule has 0 saturated carbocycles. The highest BCUT2D eigenvalue weighted by Gasteiger charge is 2.11. The summed E-state index contributed by atoms with van der Waals surface area (Å²) < 4.78 is 5.27. The van der Waals surface area contributed by atoms with Crippen molar-refractivity contribution < 1.29 is 14.3 Å². The number of methoxy groups -OCH3 is 1.